The Balaban J connectivity index is 1.35. The molecule has 0 radical (unpaired) electrons. The van der Waals surface area contributed by atoms with Gasteiger partial charge in [-0.2, -0.15) is 0 Å². The van der Waals surface area contributed by atoms with Gasteiger partial charge in [0.1, 0.15) is 5.01 Å². The van der Waals surface area contributed by atoms with Gasteiger partial charge in [-0.15, -0.1) is 21.5 Å². The van der Waals surface area contributed by atoms with E-state index in [0.717, 1.165) is 46.7 Å². The lowest BCUT2D eigenvalue weighted by Crippen LogP contribution is -2.16. The van der Waals surface area contributed by atoms with Crippen LogP contribution in [0.2, 0.25) is 5.02 Å². The van der Waals surface area contributed by atoms with Crippen LogP contribution in [0.4, 0.5) is 0 Å². The normalized spacial score (nSPS) is 16.4. The lowest BCUT2D eigenvalue weighted by molar-refractivity contribution is 0.0952. The van der Waals surface area contributed by atoms with E-state index in [-0.39, 0.29) is 6.10 Å². The highest BCUT2D eigenvalue weighted by molar-refractivity contribution is 7.98. The van der Waals surface area contributed by atoms with Crippen molar-refractivity contribution >= 4 is 34.7 Å². The third-order valence-corrected chi connectivity index (χ3v) is 7.13. The molecule has 30 heavy (non-hydrogen) atoms. The first-order valence-corrected chi connectivity index (χ1v) is 11.9. The van der Waals surface area contributed by atoms with Gasteiger partial charge in [-0.05, 0) is 31.0 Å². The molecule has 0 aliphatic carbocycles. The summed E-state index contributed by atoms with van der Waals surface area (Å²) in [6.07, 6.45) is 3.97. The maximum absolute atomic E-state index is 6.31. The van der Waals surface area contributed by atoms with Gasteiger partial charge in [0, 0.05) is 23.3 Å². The highest BCUT2D eigenvalue weighted by Crippen LogP contribution is 2.33. The Morgan fingerprint density at radius 2 is 2.13 bits per heavy atom. The average Bonchev–Trinajstić information content (AvgIpc) is 3.55. The SMILES string of the molecule is Clc1ccccc1-c1nc(CSc2nnc(-c3ccco3)n2CC2CCCO2)cs1. The second-order valence-electron chi connectivity index (χ2n) is 6.94. The molecule has 6 nitrogen and oxygen atoms in total. The Hall–Kier alpha value is -2.13. The van der Waals surface area contributed by atoms with Crippen molar-refractivity contribution < 1.29 is 9.15 Å². The molecule has 0 amide bonds. The Morgan fingerprint density at radius 3 is 2.93 bits per heavy atom. The molecule has 0 saturated carbocycles. The molecule has 1 unspecified atom stereocenters. The molecule has 0 bridgehead atoms. The van der Waals surface area contributed by atoms with Gasteiger partial charge < -0.3 is 9.15 Å². The maximum Gasteiger partial charge on any atom is 0.200 e. The maximum atomic E-state index is 6.31. The van der Waals surface area contributed by atoms with Crippen LogP contribution in [0.5, 0.6) is 0 Å². The van der Waals surface area contributed by atoms with Gasteiger partial charge in [0.25, 0.3) is 0 Å². The van der Waals surface area contributed by atoms with Crippen LogP contribution in [0.1, 0.15) is 18.5 Å². The van der Waals surface area contributed by atoms with E-state index in [0.29, 0.717) is 23.1 Å². The van der Waals surface area contributed by atoms with Crippen molar-refractivity contribution in [1.82, 2.24) is 19.7 Å². The molecule has 154 valence electrons. The molecule has 4 aromatic rings. The zero-order valence-electron chi connectivity index (χ0n) is 16.0. The molecular formula is C21H19ClN4O2S2. The third kappa shape index (κ3) is 4.18. The van der Waals surface area contributed by atoms with Crippen molar-refractivity contribution in [3.63, 3.8) is 0 Å². The molecule has 1 aromatic carbocycles. The monoisotopic (exact) mass is 458 g/mol. The van der Waals surface area contributed by atoms with Gasteiger partial charge >= 0.3 is 0 Å². The van der Waals surface area contributed by atoms with Crippen LogP contribution >= 0.6 is 34.7 Å². The van der Waals surface area contributed by atoms with Crippen LogP contribution in [0.15, 0.2) is 57.6 Å². The van der Waals surface area contributed by atoms with E-state index in [1.54, 1.807) is 29.4 Å². The van der Waals surface area contributed by atoms with Gasteiger partial charge in [-0.1, -0.05) is 41.6 Å². The van der Waals surface area contributed by atoms with Crippen LogP contribution < -0.4 is 0 Å². The van der Waals surface area contributed by atoms with Crippen molar-refractivity contribution in [3.05, 3.63) is 58.8 Å². The summed E-state index contributed by atoms with van der Waals surface area (Å²) in [5.74, 6) is 2.14. The Bertz CT molecular complexity index is 1120. The molecule has 5 rings (SSSR count). The standard InChI is InChI=1S/C21H19ClN4O2S2/c22-17-7-2-1-6-16(17)20-23-14(12-29-20)13-30-21-25-24-19(18-8-4-10-28-18)26(21)11-15-5-3-9-27-15/h1-2,4,6-8,10,12,15H,3,5,9,11,13H2. The van der Waals surface area contributed by atoms with Crippen molar-refractivity contribution in [3.8, 4) is 22.2 Å². The molecule has 0 spiro atoms. The summed E-state index contributed by atoms with van der Waals surface area (Å²) in [4.78, 5) is 4.76. The second-order valence-corrected chi connectivity index (χ2v) is 9.15. The van der Waals surface area contributed by atoms with Crippen LogP contribution in [0, 0.1) is 0 Å². The number of rotatable bonds is 7. The number of hydrogen-bond donors (Lipinski definition) is 0. The van der Waals surface area contributed by atoms with Crippen LogP contribution in [-0.4, -0.2) is 32.5 Å². The van der Waals surface area contributed by atoms with E-state index in [4.69, 9.17) is 25.7 Å². The number of nitrogens with zero attached hydrogens (tertiary/aromatic N) is 4. The lowest BCUT2D eigenvalue weighted by Gasteiger charge is -2.13. The zero-order chi connectivity index (χ0) is 20.3. The number of halogens is 1. The first-order chi connectivity index (χ1) is 14.8. The molecule has 1 fully saturated rings. The molecule has 1 saturated heterocycles. The summed E-state index contributed by atoms with van der Waals surface area (Å²) >= 11 is 9.53. The molecule has 3 aromatic heterocycles. The van der Waals surface area contributed by atoms with E-state index in [1.165, 1.54) is 0 Å². The fraction of sp³-hybridized carbons (Fsp3) is 0.286. The van der Waals surface area contributed by atoms with Gasteiger partial charge in [0.05, 0.1) is 29.6 Å². The number of aromatic nitrogens is 4. The first kappa shape index (κ1) is 19.8. The molecule has 1 aliphatic heterocycles. The second kappa shape index (κ2) is 8.93. The van der Waals surface area contributed by atoms with Crippen molar-refractivity contribution in [2.75, 3.05) is 6.61 Å². The predicted octanol–water partition coefficient (Wildman–Crippen LogP) is 5.79. The molecule has 9 heteroatoms. The Morgan fingerprint density at radius 1 is 1.20 bits per heavy atom. The summed E-state index contributed by atoms with van der Waals surface area (Å²) in [5.41, 5.74) is 1.95. The van der Waals surface area contributed by atoms with Crippen LogP contribution in [0.25, 0.3) is 22.2 Å². The Labute approximate surface area is 187 Å². The van der Waals surface area contributed by atoms with Gasteiger partial charge in [0.2, 0.25) is 5.82 Å². The van der Waals surface area contributed by atoms with Crippen molar-refractivity contribution in [2.24, 2.45) is 0 Å². The number of furan rings is 1. The molecule has 1 aliphatic rings. The number of benzene rings is 1. The van der Waals surface area contributed by atoms with E-state index in [2.05, 4.69) is 20.1 Å². The lowest BCUT2D eigenvalue weighted by atomic mass is 10.2. The van der Waals surface area contributed by atoms with Gasteiger partial charge in [0.15, 0.2) is 10.9 Å². The minimum absolute atomic E-state index is 0.181. The van der Waals surface area contributed by atoms with Crippen LogP contribution in [-0.2, 0) is 17.0 Å². The summed E-state index contributed by atoms with van der Waals surface area (Å²) in [7, 11) is 0. The van der Waals surface area contributed by atoms with E-state index in [9.17, 15) is 0 Å². The quantitative estimate of drug-likeness (QED) is 0.327. The van der Waals surface area contributed by atoms with Crippen LogP contribution in [0.3, 0.4) is 0 Å². The molecule has 1 atom stereocenters. The fourth-order valence-electron chi connectivity index (χ4n) is 3.41. The average molecular weight is 459 g/mol. The summed E-state index contributed by atoms with van der Waals surface area (Å²) < 4.78 is 13.5. The highest BCUT2D eigenvalue weighted by atomic mass is 35.5. The Kier molecular flexibility index (Phi) is 5.90. The van der Waals surface area contributed by atoms with E-state index < -0.39 is 0 Å². The summed E-state index contributed by atoms with van der Waals surface area (Å²) in [5, 5.41) is 13.4. The fourth-order valence-corrected chi connectivity index (χ4v) is 5.50. The van der Waals surface area contributed by atoms with Crippen molar-refractivity contribution in [2.45, 2.75) is 36.4 Å². The molecular weight excluding hydrogens is 440 g/mol. The van der Waals surface area contributed by atoms with Gasteiger partial charge in [-0.3, -0.25) is 4.57 Å². The zero-order valence-corrected chi connectivity index (χ0v) is 18.4. The minimum atomic E-state index is 0.181. The molecule has 0 N–H and O–H groups in total. The number of thiazole rings is 1. The number of ether oxygens (including phenoxy) is 1. The predicted molar refractivity (Wildman–Crippen MR) is 119 cm³/mol. The first-order valence-electron chi connectivity index (χ1n) is 9.69. The topological polar surface area (TPSA) is 66.0 Å². The van der Waals surface area contributed by atoms with Crippen molar-refractivity contribution in [1.29, 1.82) is 0 Å². The summed E-state index contributed by atoms with van der Waals surface area (Å²) in [6, 6.07) is 11.5. The number of hydrogen-bond acceptors (Lipinski definition) is 7. The molecule has 4 heterocycles. The highest BCUT2D eigenvalue weighted by Gasteiger charge is 2.23. The minimum Gasteiger partial charge on any atom is -0.461 e. The van der Waals surface area contributed by atoms with E-state index in [1.807, 2.05) is 36.4 Å². The van der Waals surface area contributed by atoms with E-state index >= 15 is 0 Å². The van der Waals surface area contributed by atoms with Gasteiger partial charge in [-0.25, -0.2) is 4.98 Å². The smallest absolute Gasteiger partial charge is 0.200 e. The largest absolute Gasteiger partial charge is 0.461 e. The third-order valence-electron chi connectivity index (χ3n) is 4.87. The number of thioether (sulfide) groups is 1. The summed E-state index contributed by atoms with van der Waals surface area (Å²) in [6.45, 7) is 1.53.